The van der Waals surface area contributed by atoms with Crippen molar-refractivity contribution in [3.8, 4) is 28.7 Å². The van der Waals surface area contributed by atoms with Gasteiger partial charge in [0.25, 0.3) is 0 Å². The molecule has 3 N–H and O–H groups in total. The van der Waals surface area contributed by atoms with Crippen LogP contribution < -0.4 is 29.6 Å². The van der Waals surface area contributed by atoms with Gasteiger partial charge in [-0.05, 0) is 61.0 Å². The highest BCUT2D eigenvalue weighted by Crippen LogP contribution is 2.55. The molecule has 11 nitrogen and oxygen atoms in total. The Morgan fingerprint density at radius 1 is 1.05 bits per heavy atom. The van der Waals surface area contributed by atoms with Gasteiger partial charge in [0.1, 0.15) is 0 Å². The summed E-state index contributed by atoms with van der Waals surface area (Å²) in [4.78, 5) is 28.9. The van der Waals surface area contributed by atoms with Crippen molar-refractivity contribution in [3.63, 3.8) is 0 Å². The summed E-state index contributed by atoms with van der Waals surface area (Å²) < 4.78 is 27.8. The van der Waals surface area contributed by atoms with E-state index >= 15 is 0 Å². The molecule has 41 heavy (non-hydrogen) atoms. The van der Waals surface area contributed by atoms with Crippen LogP contribution in [0.4, 0.5) is 0 Å². The van der Waals surface area contributed by atoms with E-state index in [2.05, 4.69) is 36.3 Å². The number of fused-ring (bicyclic) bond motifs is 3. The van der Waals surface area contributed by atoms with Crippen LogP contribution in [0.25, 0.3) is 0 Å². The highest BCUT2D eigenvalue weighted by molar-refractivity contribution is 5.81. The second-order valence-corrected chi connectivity index (χ2v) is 10.7. The molecule has 5 atom stereocenters. The smallest absolute Gasteiger partial charge is 0.310 e. The maximum Gasteiger partial charge on any atom is 0.310 e. The van der Waals surface area contributed by atoms with E-state index in [9.17, 15) is 14.7 Å². The van der Waals surface area contributed by atoms with Crippen molar-refractivity contribution < 1.29 is 38.4 Å². The van der Waals surface area contributed by atoms with Gasteiger partial charge >= 0.3 is 5.97 Å². The second-order valence-electron chi connectivity index (χ2n) is 10.7. The quantitative estimate of drug-likeness (QED) is 0.348. The molecule has 5 rings (SSSR count). The summed E-state index contributed by atoms with van der Waals surface area (Å²) in [6.07, 6.45) is 0. The van der Waals surface area contributed by atoms with Gasteiger partial charge in [0.2, 0.25) is 18.4 Å². The molecule has 1 aliphatic carbocycles. The van der Waals surface area contributed by atoms with Crippen LogP contribution in [0.3, 0.4) is 0 Å². The zero-order chi connectivity index (χ0) is 29.3. The fourth-order valence-corrected chi connectivity index (χ4v) is 6.44. The van der Waals surface area contributed by atoms with E-state index in [1.165, 1.54) is 14.2 Å². The lowest BCUT2D eigenvalue weighted by atomic mass is 9.65. The third-order valence-electron chi connectivity index (χ3n) is 8.53. The number of phenolic OH excluding ortho intramolecular Hbond substituents is 1. The number of ether oxygens (including phenoxy) is 5. The predicted molar refractivity (Wildman–Crippen MR) is 150 cm³/mol. The normalized spacial score (nSPS) is 23.0. The molecule has 5 unspecified atom stereocenters. The van der Waals surface area contributed by atoms with E-state index < -0.39 is 17.9 Å². The molecule has 2 aliphatic heterocycles. The number of likely N-dealkylation sites (N-methyl/N-ethyl adjacent to an activating group) is 1. The monoisotopic (exact) mass is 569 g/mol. The van der Waals surface area contributed by atoms with Crippen LogP contribution in [0, 0.1) is 11.8 Å². The van der Waals surface area contributed by atoms with E-state index in [0.29, 0.717) is 29.6 Å². The number of phenols is 1. The van der Waals surface area contributed by atoms with Crippen LogP contribution in [0.15, 0.2) is 24.3 Å². The molecule has 1 fully saturated rings. The molecule has 222 valence electrons. The van der Waals surface area contributed by atoms with Crippen LogP contribution in [0.2, 0.25) is 0 Å². The molecule has 2 aromatic rings. The van der Waals surface area contributed by atoms with Crippen LogP contribution in [0.1, 0.15) is 49.4 Å². The molecule has 0 radical (unpaired) electrons. The van der Waals surface area contributed by atoms with Crippen LogP contribution in [-0.2, 0) is 14.3 Å². The molecule has 11 heteroatoms. The van der Waals surface area contributed by atoms with Gasteiger partial charge in [-0.2, -0.15) is 0 Å². The number of cyclic esters (lactones) is 1. The Kier molecular flexibility index (Phi) is 8.46. The van der Waals surface area contributed by atoms with Crippen LogP contribution in [-0.4, -0.2) is 81.7 Å². The minimum atomic E-state index is -0.595. The first-order chi connectivity index (χ1) is 19.8. The van der Waals surface area contributed by atoms with E-state index in [1.807, 2.05) is 12.1 Å². The van der Waals surface area contributed by atoms with Gasteiger partial charge < -0.3 is 39.4 Å². The maximum absolute atomic E-state index is 13.3. The number of hydrogen-bond acceptors (Lipinski definition) is 10. The fraction of sp³-hybridized carbons (Fsp3) is 0.533. The summed E-state index contributed by atoms with van der Waals surface area (Å²) in [6, 6.07) is 6.98. The molecule has 0 aromatic heterocycles. The van der Waals surface area contributed by atoms with E-state index in [0.717, 1.165) is 24.2 Å². The minimum absolute atomic E-state index is 0.0876. The van der Waals surface area contributed by atoms with Gasteiger partial charge in [0.05, 0.1) is 39.3 Å². The second kappa shape index (κ2) is 12.0. The van der Waals surface area contributed by atoms with Gasteiger partial charge in [0.15, 0.2) is 23.0 Å². The van der Waals surface area contributed by atoms with Crippen molar-refractivity contribution in [2.24, 2.45) is 11.8 Å². The van der Waals surface area contributed by atoms with E-state index in [-0.39, 0.29) is 55.0 Å². The van der Waals surface area contributed by atoms with Crippen molar-refractivity contribution in [1.82, 2.24) is 15.5 Å². The van der Waals surface area contributed by atoms with E-state index in [1.54, 1.807) is 12.1 Å². The SMILES string of the molecule is CCN(CC)C(C)CNCC(=O)NC1c2cc3c(cc2C(c2cc(OC)c(O)c(OC)c2)C2C(=O)OCC12)OCO3. The Morgan fingerprint density at radius 2 is 1.68 bits per heavy atom. The van der Waals surface area contributed by atoms with Gasteiger partial charge in [0, 0.05) is 24.4 Å². The molecule has 1 amide bonds. The van der Waals surface area contributed by atoms with Gasteiger partial charge in [-0.15, -0.1) is 0 Å². The average molecular weight is 570 g/mol. The van der Waals surface area contributed by atoms with Crippen molar-refractivity contribution in [2.75, 3.05) is 53.8 Å². The number of amides is 1. The Labute approximate surface area is 240 Å². The topological polar surface area (TPSA) is 128 Å². The number of carbonyl (C=O) groups excluding carboxylic acids is 2. The number of nitrogens with zero attached hydrogens (tertiary/aromatic N) is 1. The first-order valence-electron chi connectivity index (χ1n) is 14.1. The van der Waals surface area contributed by atoms with Crippen LogP contribution in [0.5, 0.6) is 28.7 Å². The van der Waals surface area contributed by atoms with Gasteiger partial charge in [-0.1, -0.05) is 13.8 Å². The molecule has 1 saturated heterocycles. The van der Waals surface area contributed by atoms with Crippen molar-refractivity contribution in [3.05, 3.63) is 41.0 Å². The molecule has 2 heterocycles. The Bertz CT molecular complexity index is 1270. The zero-order valence-corrected chi connectivity index (χ0v) is 24.2. The molecular formula is C30H39N3O8. The number of esters is 1. The van der Waals surface area contributed by atoms with Crippen molar-refractivity contribution in [2.45, 2.75) is 38.8 Å². The van der Waals surface area contributed by atoms with Crippen molar-refractivity contribution in [1.29, 1.82) is 0 Å². The summed E-state index contributed by atoms with van der Waals surface area (Å²) >= 11 is 0. The summed E-state index contributed by atoms with van der Waals surface area (Å²) in [5.74, 6) is -0.439. The zero-order valence-electron chi connectivity index (χ0n) is 24.2. The lowest BCUT2D eigenvalue weighted by molar-refractivity contribution is -0.141. The third-order valence-corrected chi connectivity index (χ3v) is 8.53. The molecule has 0 spiro atoms. The number of nitrogens with one attached hydrogen (secondary N) is 2. The predicted octanol–water partition coefficient (Wildman–Crippen LogP) is 2.55. The van der Waals surface area contributed by atoms with Crippen molar-refractivity contribution >= 4 is 11.9 Å². The lowest BCUT2D eigenvalue weighted by Crippen LogP contribution is -2.47. The number of benzene rings is 2. The fourth-order valence-electron chi connectivity index (χ4n) is 6.44. The molecule has 3 aliphatic rings. The number of aromatic hydroxyl groups is 1. The molecule has 0 bridgehead atoms. The number of rotatable bonds is 11. The summed E-state index contributed by atoms with van der Waals surface area (Å²) in [6.45, 7) is 9.34. The molecule has 2 aromatic carbocycles. The average Bonchev–Trinajstić information content (AvgIpc) is 3.59. The highest BCUT2D eigenvalue weighted by atomic mass is 16.7. The lowest BCUT2D eigenvalue weighted by Gasteiger charge is -2.39. The Hall–Kier alpha value is -3.70. The Morgan fingerprint density at radius 3 is 2.29 bits per heavy atom. The van der Waals surface area contributed by atoms with Crippen LogP contribution >= 0.6 is 0 Å². The number of hydrogen-bond donors (Lipinski definition) is 3. The summed E-state index contributed by atoms with van der Waals surface area (Å²) in [5, 5.41) is 17.0. The maximum atomic E-state index is 13.3. The number of carbonyl (C=O) groups is 2. The van der Waals surface area contributed by atoms with Gasteiger partial charge in [-0.3, -0.25) is 14.5 Å². The van der Waals surface area contributed by atoms with E-state index in [4.69, 9.17) is 23.7 Å². The third kappa shape index (κ3) is 5.36. The standard InChI is InChI=1S/C30H39N3O8/c1-6-33(7-2)16(3)12-31-13-25(34)32-28-19-11-22-21(40-15-41-22)10-18(19)26(27-20(28)14-39-30(27)36)17-8-23(37-4)29(35)24(9-17)38-5/h8-11,16,20,26-28,31,35H,6-7,12-15H2,1-5H3,(H,32,34). The first-order valence-corrected chi connectivity index (χ1v) is 14.1. The summed E-state index contributed by atoms with van der Waals surface area (Å²) in [5.41, 5.74) is 2.34. The highest BCUT2D eigenvalue weighted by Gasteiger charge is 2.53. The van der Waals surface area contributed by atoms with Gasteiger partial charge in [-0.25, -0.2) is 0 Å². The minimum Gasteiger partial charge on any atom is -0.502 e. The number of methoxy groups -OCH3 is 2. The molecular weight excluding hydrogens is 530 g/mol. The summed E-state index contributed by atoms with van der Waals surface area (Å²) in [7, 11) is 2.92. The first kappa shape index (κ1) is 28.8. The molecule has 0 saturated carbocycles. The largest absolute Gasteiger partial charge is 0.502 e. The Balaban J connectivity index is 1.49.